The van der Waals surface area contributed by atoms with Gasteiger partial charge in [-0.05, 0) is 32.0 Å². The summed E-state index contributed by atoms with van der Waals surface area (Å²) in [5, 5.41) is 5.08. The molecule has 2 aromatic heterocycles. The van der Waals surface area contributed by atoms with Crippen LogP contribution < -0.4 is 0 Å². The molecule has 78 valence electrons. The number of hydrogen-bond donors (Lipinski definition) is 0. The second-order valence-corrected chi connectivity index (χ2v) is 3.99. The molecule has 3 nitrogen and oxygen atoms in total. The molecule has 0 amide bonds. The molecule has 15 heavy (non-hydrogen) atoms. The van der Waals surface area contributed by atoms with Gasteiger partial charge < -0.3 is 0 Å². The highest BCUT2D eigenvalue weighted by atomic mass is 35.5. The topological polar surface area (TPSA) is 30.7 Å². The Morgan fingerprint density at radius 3 is 2.73 bits per heavy atom. The van der Waals surface area contributed by atoms with Crippen molar-refractivity contribution in [3.63, 3.8) is 0 Å². The van der Waals surface area contributed by atoms with E-state index in [0.29, 0.717) is 11.6 Å². The van der Waals surface area contributed by atoms with Crippen LogP contribution in [0.1, 0.15) is 17.1 Å². The molecule has 4 heteroatoms. The molecule has 0 aliphatic carbocycles. The molecule has 0 aliphatic heterocycles. The van der Waals surface area contributed by atoms with Gasteiger partial charge >= 0.3 is 0 Å². The van der Waals surface area contributed by atoms with Gasteiger partial charge in [0.1, 0.15) is 0 Å². The molecule has 0 aliphatic rings. The third kappa shape index (κ3) is 2.36. The van der Waals surface area contributed by atoms with Crippen LogP contribution in [0, 0.1) is 13.8 Å². The van der Waals surface area contributed by atoms with Gasteiger partial charge in [-0.3, -0.25) is 9.67 Å². The fourth-order valence-electron chi connectivity index (χ4n) is 1.52. The Morgan fingerprint density at radius 1 is 1.33 bits per heavy atom. The maximum Gasteiger partial charge on any atom is 0.0834 e. The second-order valence-electron chi connectivity index (χ2n) is 3.55. The first kappa shape index (κ1) is 10.2. The summed E-state index contributed by atoms with van der Waals surface area (Å²) < 4.78 is 1.92. The van der Waals surface area contributed by atoms with Crippen molar-refractivity contribution in [1.29, 1.82) is 0 Å². The predicted octanol–water partition coefficient (Wildman–Crippen LogP) is 2.60. The number of halogens is 1. The average Bonchev–Trinajstić information content (AvgIpc) is 2.45. The summed E-state index contributed by atoms with van der Waals surface area (Å²) in [4.78, 5) is 4.24. The number of pyridine rings is 1. The highest BCUT2D eigenvalue weighted by Gasteiger charge is 2.02. The number of hydrogen-bond acceptors (Lipinski definition) is 2. The van der Waals surface area contributed by atoms with Crippen LogP contribution in [0.2, 0.25) is 5.02 Å². The molecular formula is C11H12ClN3. The van der Waals surface area contributed by atoms with Crippen LogP contribution in [0.3, 0.4) is 0 Å². The first-order chi connectivity index (χ1) is 7.15. The molecule has 0 spiro atoms. The summed E-state index contributed by atoms with van der Waals surface area (Å²) >= 11 is 5.89. The zero-order chi connectivity index (χ0) is 10.8. The van der Waals surface area contributed by atoms with Crippen LogP contribution in [0.15, 0.2) is 24.4 Å². The molecule has 0 radical (unpaired) electrons. The third-order valence-electron chi connectivity index (χ3n) is 2.19. The van der Waals surface area contributed by atoms with Gasteiger partial charge in [-0.25, -0.2) is 0 Å². The average molecular weight is 222 g/mol. The Morgan fingerprint density at radius 2 is 2.13 bits per heavy atom. The van der Waals surface area contributed by atoms with Crippen molar-refractivity contribution in [3.05, 3.63) is 46.5 Å². The normalized spacial score (nSPS) is 10.6. The summed E-state index contributed by atoms with van der Waals surface area (Å²) in [6, 6.07) is 5.68. The number of aryl methyl sites for hydroxylation is 2. The predicted molar refractivity (Wildman–Crippen MR) is 60.1 cm³/mol. The third-order valence-corrected chi connectivity index (χ3v) is 2.43. The molecule has 0 saturated heterocycles. The van der Waals surface area contributed by atoms with Crippen molar-refractivity contribution < 1.29 is 0 Å². The van der Waals surface area contributed by atoms with Crippen molar-refractivity contribution in [2.24, 2.45) is 0 Å². The van der Waals surface area contributed by atoms with E-state index in [1.165, 1.54) is 0 Å². The van der Waals surface area contributed by atoms with E-state index in [1.54, 1.807) is 12.3 Å². The highest BCUT2D eigenvalue weighted by Crippen LogP contribution is 2.10. The van der Waals surface area contributed by atoms with E-state index in [-0.39, 0.29) is 0 Å². The van der Waals surface area contributed by atoms with Crippen molar-refractivity contribution >= 4 is 11.6 Å². The summed E-state index contributed by atoms with van der Waals surface area (Å²) in [5.74, 6) is 0. The quantitative estimate of drug-likeness (QED) is 0.781. The Balaban J connectivity index is 2.25. The minimum atomic E-state index is 0.667. The Kier molecular flexibility index (Phi) is 2.73. The van der Waals surface area contributed by atoms with Crippen molar-refractivity contribution in [2.75, 3.05) is 0 Å². The Labute approximate surface area is 93.7 Å². The molecule has 2 rings (SSSR count). The molecule has 2 heterocycles. The standard InChI is InChI=1S/C11H12ClN3/c1-8-5-9(2)15(14-8)7-11-6-10(12)3-4-13-11/h3-6H,7H2,1-2H3. The SMILES string of the molecule is Cc1cc(C)n(Cc2cc(Cl)ccn2)n1. The van der Waals surface area contributed by atoms with E-state index in [2.05, 4.69) is 10.1 Å². The van der Waals surface area contributed by atoms with Gasteiger partial charge in [0, 0.05) is 16.9 Å². The Hall–Kier alpha value is -1.35. The van der Waals surface area contributed by atoms with Gasteiger partial charge in [-0.1, -0.05) is 11.6 Å². The van der Waals surface area contributed by atoms with E-state index in [1.807, 2.05) is 30.7 Å². The lowest BCUT2D eigenvalue weighted by atomic mass is 10.3. The van der Waals surface area contributed by atoms with Crippen LogP contribution in [0.25, 0.3) is 0 Å². The van der Waals surface area contributed by atoms with Crippen molar-refractivity contribution in [2.45, 2.75) is 20.4 Å². The van der Waals surface area contributed by atoms with Gasteiger partial charge in [-0.2, -0.15) is 5.10 Å². The first-order valence-corrected chi connectivity index (χ1v) is 5.14. The first-order valence-electron chi connectivity index (χ1n) is 4.76. The van der Waals surface area contributed by atoms with Gasteiger partial charge in [0.25, 0.3) is 0 Å². The van der Waals surface area contributed by atoms with Gasteiger partial charge in [0.05, 0.1) is 17.9 Å². The zero-order valence-electron chi connectivity index (χ0n) is 8.74. The van der Waals surface area contributed by atoms with Crippen molar-refractivity contribution in [1.82, 2.24) is 14.8 Å². The smallest absolute Gasteiger partial charge is 0.0834 e. The summed E-state index contributed by atoms with van der Waals surface area (Å²) in [7, 11) is 0. The molecule has 0 fully saturated rings. The lowest BCUT2D eigenvalue weighted by molar-refractivity contribution is 0.647. The number of nitrogens with zero attached hydrogens (tertiary/aromatic N) is 3. The molecule has 0 aromatic carbocycles. The molecule has 0 unspecified atom stereocenters. The highest BCUT2D eigenvalue weighted by molar-refractivity contribution is 6.30. The van der Waals surface area contributed by atoms with Gasteiger partial charge in [-0.15, -0.1) is 0 Å². The van der Waals surface area contributed by atoms with Crippen molar-refractivity contribution in [3.8, 4) is 0 Å². The lowest BCUT2D eigenvalue weighted by Crippen LogP contribution is -2.05. The van der Waals surface area contributed by atoms with Crippen LogP contribution in [-0.2, 0) is 6.54 Å². The van der Waals surface area contributed by atoms with E-state index in [9.17, 15) is 0 Å². The molecule has 0 saturated carbocycles. The minimum Gasteiger partial charge on any atom is -0.264 e. The molecule has 0 N–H and O–H groups in total. The van der Waals surface area contributed by atoms with Gasteiger partial charge in [0.15, 0.2) is 0 Å². The van der Waals surface area contributed by atoms with E-state index in [4.69, 9.17) is 11.6 Å². The van der Waals surface area contributed by atoms with E-state index >= 15 is 0 Å². The lowest BCUT2D eigenvalue weighted by Gasteiger charge is -2.03. The number of rotatable bonds is 2. The van der Waals surface area contributed by atoms with Crippen LogP contribution in [-0.4, -0.2) is 14.8 Å². The maximum absolute atomic E-state index is 5.89. The molecular weight excluding hydrogens is 210 g/mol. The van der Waals surface area contributed by atoms with Crippen LogP contribution >= 0.6 is 11.6 Å². The summed E-state index contributed by atoms with van der Waals surface area (Å²) in [6.45, 7) is 4.68. The van der Waals surface area contributed by atoms with E-state index in [0.717, 1.165) is 17.1 Å². The monoisotopic (exact) mass is 221 g/mol. The van der Waals surface area contributed by atoms with E-state index < -0.39 is 0 Å². The fourth-order valence-corrected chi connectivity index (χ4v) is 1.71. The summed E-state index contributed by atoms with van der Waals surface area (Å²) in [5.41, 5.74) is 3.08. The summed E-state index contributed by atoms with van der Waals surface area (Å²) in [6.07, 6.45) is 1.71. The zero-order valence-corrected chi connectivity index (χ0v) is 9.49. The largest absolute Gasteiger partial charge is 0.264 e. The van der Waals surface area contributed by atoms with Crippen LogP contribution in [0.4, 0.5) is 0 Å². The fraction of sp³-hybridized carbons (Fsp3) is 0.273. The molecule has 2 aromatic rings. The van der Waals surface area contributed by atoms with Crippen LogP contribution in [0.5, 0.6) is 0 Å². The molecule has 0 bridgehead atoms. The maximum atomic E-state index is 5.89. The minimum absolute atomic E-state index is 0.667. The molecule has 0 atom stereocenters. The number of aromatic nitrogens is 3. The van der Waals surface area contributed by atoms with Gasteiger partial charge in [0.2, 0.25) is 0 Å². The second kappa shape index (κ2) is 4.03. The Bertz CT molecular complexity index is 476.